The molecule has 2 rings (SSSR count). The molecule has 0 bridgehead atoms. The van der Waals surface area contributed by atoms with Crippen LogP contribution in [0.25, 0.3) is 0 Å². The maximum Gasteiger partial charge on any atom is 0.322 e. The van der Waals surface area contributed by atoms with Crippen molar-refractivity contribution in [2.24, 2.45) is 0 Å². The van der Waals surface area contributed by atoms with E-state index in [4.69, 9.17) is 5.11 Å². The van der Waals surface area contributed by atoms with Crippen molar-refractivity contribution in [2.75, 3.05) is 6.54 Å². The monoisotopic (exact) mass is 355 g/mol. The molecule has 1 fully saturated rings. The lowest BCUT2D eigenvalue weighted by Crippen LogP contribution is -2.40. The van der Waals surface area contributed by atoms with E-state index in [2.05, 4.69) is 15.9 Å². The summed E-state index contributed by atoms with van der Waals surface area (Å²) in [5.41, 5.74) is 0. The third kappa shape index (κ3) is 2.45. The smallest absolute Gasteiger partial charge is 0.322 e. The molecule has 9 heteroatoms. The predicted octanol–water partition coefficient (Wildman–Crippen LogP) is 0.719. The van der Waals surface area contributed by atoms with E-state index in [1.54, 1.807) is 6.07 Å². The third-order valence-corrected chi connectivity index (χ3v) is 6.60. The predicted molar refractivity (Wildman–Crippen MR) is 68.0 cm³/mol. The van der Waals surface area contributed by atoms with Crippen LogP contribution in [-0.2, 0) is 14.8 Å². The molecule has 0 aliphatic carbocycles. The highest BCUT2D eigenvalue weighted by Crippen LogP contribution is 2.32. The molecule has 1 saturated heterocycles. The largest absolute Gasteiger partial charge is 0.480 e. The van der Waals surface area contributed by atoms with Gasteiger partial charge in [0.25, 0.3) is 10.0 Å². The van der Waals surface area contributed by atoms with E-state index in [9.17, 15) is 18.3 Å². The zero-order valence-corrected chi connectivity index (χ0v) is 12.2. The average molecular weight is 356 g/mol. The zero-order valence-electron chi connectivity index (χ0n) is 8.98. The summed E-state index contributed by atoms with van der Waals surface area (Å²) in [5, 5.41) is 18.5. The lowest BCUT2D eigenvalue weighted by Gasteiger charge is -2.19. The van der Waals surface area contributed by atoms with Gasteiger partial charge in [0.1, 0.15) is 10.3 Å². The average Bonchev–Trinajstić information content (AvgIpc) is 2.84. The summed E-state index contributed by atoms with van der Waals surface area (Å²) >= 11 is 4.17. The van der Waals surface area contributed by atoms with E-state index in [0.29, 0.717) is 3.79 Å². The number of hydrogen-bond acceptors (Lipinski definition) is 5. The highest BCUT2D eigenvalue weighted by molar-refractivity contribution is 9.11. The Labute approximate surface area is 116 Å². The molecule has 0 radical (unpaired) electrons. The molecule has 1 aromatic rings. The van der Waals surface area contributed by atoms with Crippen LogP contribution >= 0.6 is 27.3 Å². The molecule has 2 N–H and O–H groups in total. The topological polar surface area (TPSA) is 94.9 Å². The molecule has 2 atom stereocenters. The van der Waals surface area contributed by atoms with E-state index in [0.717, 1.165) is 15.6 Å². The van der Waals surface area contributed by atoms with Crippen molar-refractivity contribution >= 4 is 43.3 Å². The standard InChI is InChI=1S/C9H10BrNO5S2/c10-7-1-2-8(17-7)18(15,16)11-4-5(12)3-6(11)9(13)14/h1-2,5-6,12H,3-4H2,(H,13,14)/t5?,6-/m0/s1. The first kappa shape index (κ1) is 13.9. The number of aliphatic hydroxyl groups is 1. The second-order valence-corrected chi connectivity index (χ2v) is 8.46. The van der Waals surface area contributed by atoms with Crippen molar-refractivity contribution in [1.29, 1.82) is 0 Å². The van der Waals surface area contributed by atoms with Crippen LogP contribution < -0.4 is 0 Å². The van der Waals surface area contributed by atoms with Gasteiger partial charge in [0, 0.05) is 13.0 Å². The molecule has 2 heterocycles. The quantitative estimate of drug-likeness (QED) is 0.832. The molecule has 0 saturated carbocycles. The Kier molecular flexibility index (Phi) is 3.79. The highest BCUT2D eigenvalue weighted by atomic mass is 79.9. The molecule has 18 heavy (non-hydrogen) atoms. The van der Waals surface area contributed by atoms with Gasteiger partial charge in [-0.2, -0.15) is 4.31 Å². The van der Waals surface area contributed by atoms with E-state index < -0.39 is 28.1 Å². The van der Waals surface area contributed by atoms with Crippen LogP contribution in [0.2, 0.25) is 0 Å². The molecule has 0 amide bonds. The molecule has 1 unspecified atom stereocenters. The number of aliphatic hydroxyl groups excluding tert-OH is 1. The third-order valence-electron chi connectivity index (χ3n) is 2.63. The maximum absolute atomic E-state index is 12.2. The van der Waals surface area contributed by atoms with Crippen molar-refractivity contribution in [1.82, 2.24) is 4.31 Å². The van der Waals surface area contributed by atoms with Gasteiger partial charge in [0.15, 0.2) is 0 Å². The first-order valence-corrected chi connectivity index (χ1v) is 8.05. The molecule has 0 aromatic carbocycles. The first-order chi connectivity index (χ1) is 8.32. The summed E-state index contributed by atoms with van der Waals surface area (Å²) < 4.78 is 26.1. The SMILES string of the molecule is O=C(O)[C@@H]1CC(O)CN1S(=O)(=O)c1ccc(Br)s1. The summed E-state index contributed by atoms with van der Waals surface area (Å²) in [4.78, 5) is 11.0. The minimum absolute atomic E-state index is 0.0646. The zero-order chi connectivity index (χ0) is 13.5. The van der Waals surface area contributed by atoms with Crippen LogP contribution in [0.15, 0.2) is 20.1 Å². The molecular formula is C9H10BrNO5S2. The number of β-amino-alcohol motifs (C(OH)–C–C–N with tert-alkyl or cyclic N) is 1. The Morgan fingerprint density at radius 1 is 1.50 bits per heavy atom. The fraction of sp³-hybridized carbons (Fsp3) is 0.444. The van der Waals surface area contributed by atoms with Gasteiger partial charge in [0.2, 0.25) is 0 Å². The summed E-state index contributed by atoms with van der Waals surface area (Å²) in [6, 6.07) is 1.79. The number of halogens is 1. The Balaban J connectivity index is 2.38. The molecule has 100 valence electrons. The van der Waals surface area contributed by atoms with Crippen LogP contribution in [0.4, 0.5) is 0 Å². The first-order valence-electron chi connectivity index (χ1n) is 5.00. The number of nitrogens with zero attached hydrogens (tertiary/aromatic N) is 1. The van der Waals surface area contributed by atoms with Gasteiger partial charge in [-0.15, -0.1) is 11.3 Å². The van der Waals surface area contributed by atoms with E-state index in [1.165, 1.54) is 6.07 Å². The molecule has 1 aliphatic rings. The molecule has 0 spiro atoms. The number of carboxylic acids is 1. The van der Waals surface area contributed by atoms with Crippen LogP contribution in [-0.4, -0.2) is 47.6 Å². The minimum Gasteiger partial charge on any atom is -0.480 e. The van der Waals surface area contributed by atoms with Crippen molar-refractivity contribution in [3.8, 4) is 0 Å². The van der Waals surface area contributed by atoms with E-state index in [1.807, 2.05) is 0 Å². The van der Waals surface area contributed by atoms with Crippen LogP contribution in [0, 0.1) is 0 Å². The molecule has 6 nitrogen and oxygen atoms in total. The number of rotatable bonds is 3. The Morgan fingerprint density at radius 3 is 2.67 bits per heavy atom. The van der Waals surface area contributed by atoms with Gasteiger partial charge in [-0.1, -0.05) is 0 Å². The maximum atomic E-state index is 12.2. The number of hydrogen-bond donors (Lipinski definition) is 2. The van der Waals surface area contributed by atoms with Crippen LogP contribution in [0.1, 0.15) is 6.42 Å². The van der Waals surface area contributed by atoms with Crippen LogP contribution in [0.3, 0.4) is 0 Å². The van der Waals surface area contributed by atoms with E-state index in [-0.39, 0.29) is 17.2 Å². The number of carboxylic acid groups (broad SMARTS) is 1. The van der Waals surface area contributed by atoms with Crippen molar-refractivity contribution in [3.63, 3.8) is 0 Å². The highest BCUT2D eigenvalue weighted by Gasteiger charge is 2.43. The number of aliphatic carboxylic acids is 1. The van der Waals surface area contributed by atoms with Gasteiger partial charge >= 0.3 is 5.97 Å². The number of carbonyl (C=O) groups is 1. The van der Waals surface area contributed by atoms with Crippen molar-refractivity contribution in [2.45, 2.75) is 22.8 Å². The van der Waals surface area contributed by atoms with Gasteiger partial charge in [-0.05, 0) is 28.1 Å². The minimum atomic E-state index is -3.86. The second-order valence-electron chi connectivity index (χ2n) is 3.88. The summed E-state index contributed by atoms with van der Waals surface area (Å²) in [5.74, 6) is -1.24. The second kappa shape index (κ2) is 4.89. The number of thiophene rings is 1. The van der Waals surface area contributed by atoms with Crippen molar-refractivity contribution in [3.05, 3.63) is 15.9 Å². The van der Waals surface area contributed by atoms with E-state index >= 15 is 0 Å². The van der Waals surface area contributed by atoms with Gasteiger partial charge in [-0.3, -0.25) is 4.79 Å². The summed E-state index contributed by atoms with van der Waals surface area (Å²) in [6.45, 7) is -0.186. The fourth-order valence-electron chi connectivity index (χ4n) is 1.83. The van der Waals surface area contributed by atoms with Crippen molar-refractivity contribution < 1.29 is 23.4 Å². The molecular weight excluding hydrogens is 346 g/mol. The molecule has 1 aliphatic heterocycles. The Hall–Kier alpha value is -0.480. The van der Waals surface area contributed by atoms with Gasteiger partial charge < -0.3 is 10.2 Å². The Morgan fingerprint density at radius 2 is 2.17 bits per heavy atom. The number of sulfonamides is 1. The summed E-state index contributed by atoms with van der Waals surface area (Å²) in [7, 11) is -3.86. The van der Waals surface area contributed by atoms with Gasteiger partial charge in [0.05, 0.1) is 9.89 Å². The normalized spacial score (nSPS) is 25.4. The lowest BCUT2D eigenvalue weighted by molar-refractivity contribution is -0.140. The lowest BCUT2D eigenvalue weighted by atomic mass is 10.2. The Bertz CT molecular complexity index is 569. The summed E-state index contributed by atoms with van der Waals surface area (Å²) in [6.07, 6.45) is -1.02. The van der Waals surface area contributed by atoms with Crippen LogP contribution in [0.5, 0.6) is 0 Å². The van der Waals surface area contributed by atoms with Gasteiger partial charge in [-0.25, -0.2) is 8.42 Å². The molecule has 1 aromatic heterocycles. The fourth-order valence-corrected chi connectivity index (χ4v) is 5.60.